The normalized spacial score (nSPS) is 20.9. The number of rotatable bonds is 11. The van der Waals surface area contributed by atoms with E-state index in [-0.39, 0.29) is 5.78 Å². The molecule has 2 N–H and O–H groups in total. The van der Waals surface area contributed by atoms with Gasteiger partial charge in [0.2, 0.25) is 0 Å². The summed E-state index contributed by atoms with van der Waals surface area (Å²) in [5.41, 5.74) is 2.98. The van der Waals surface area contributed by atoms with Crippen LogP contribution in [0.5, 0.6) is 17.2 Å². The van der Waals surface area contributed by atoms with Crippen molar-refractivity contribution in [3.8, 4) is 28.4 Å². The lowest BCUT2D eigenvalue weighted by atomic mass is 10.0. The zero-order chi connectivity index (χ0) is 23.3. The Morgan fingerprint density at radius 2 is 1.53 bits per heavy atom. The fraction of sp³-hybridized carbons (Fsp3) is 0.536. The second-order valence-corrected chi connectivity index (χ2v) is 9.75. The Bertz CT molecular complexity index is 1010. The van der Waals surface area contributed by atoms with E-state index in [1.807, 2.05) is 30.3 Å². The Balaban J connectivity index is 1.28. The lowest BCUT2D eigenvalue weighted by Gasteiger charge is -2.15. The van der Waals surface area contributed by atoms with E-state index in [0.717, 1.165) is 74.2 Å². The SMILES string of the molecule is COc1cc(OCCCC2CCNC2)cc2c1-c1c(OCCCC3CCNC3)cccc1C2=O. The van der Waals surface area contributed by atoms with Crippen LogP contribution in [0, 0.1) is 11.8 Å². The van der Waals surface area contributed by atoms with Gasteiger partial charge in [-0.15, -0.1) is 0 Å². The van der Waals surface area contributed by atoms with E-state index in [1.165, 1.54) is 19.3 Å². The molecule has 0 spiro atoms. The molecule has 5 rings (SSSR count). The summed E-state index contributed by atoms with van der Waals surface area (Å²) in [5.74, 6) is 3.62. The van der Waals surface area contributed by atoms with Crippen LogP contribution in [0.2, 0.25) is 0 Å². The molecule has 0 amide bonds. The molecule has 2 aromatic rings. The molecule has 34 heavy (non-hydrogen) atoms. The standard InChI is InChI=1S/C28H36N2O4/c1-32-25-16-21(33-13-3-5-19-9-11-29-17-19)15-23-27(25)26-22(28(23)31)7-2-8-24(26)34-14-4-6-20-10-12-30-18-20/h2,7-8,15-16,19-20,29-30H,3-6,9-14,17-18H2,1H3. The predicted molar refractivity (Wildman–Crippen MR) is 133 cm³/mol. The lowest BCUT2D eigenvalue weighted by Crippen LogP contribution is -2.10. The van der Waals surface area contributed by atoms with E-state index < -0.39 is 0 Å². The number of methoxy groups -OCH3 is 1. The van der Waals surface area contributed by atoms with E-state index >= 15 is 0 Å². The summed E-state index contributed by atoms with van der Waals surface area (Å²) >= 11 is 0. The predicted octanol–water partition coefficient (Wildman–Crippen LogP) is 4.44. The fourth-order valence-corrected chi connectivity index (χ4v) is 5.55. The summed E-state index contributed by atoms with van der Waals surface area (Å²) in [6, 6.07) is 9.52. The van der Waals surface area contributed by atoms with Gasteiger partial charge in [-0.25, -0.2) is 0 Å². The third kappa shape index (κ3) is 4.93. The third-order valence-corrected chi connectivity index (χ3v) is 7.43. The van der Waals surface area contributed by atoms with Crippen LogP contribution in [0.4, 0.5) is 0 Å². The average molecular weight is 465 g/mol. The first kappa shape index (κ1) is 23.2. The molecule has 6 heteroatoms. The van der Waals surface area contributed by atoms with Gasteiger partial charge in [-0.2, -0.15) is 0 Å². The second-order valence-electron chi connectivity index (χ2n) is 9.75. The monoisotopic (exact) mass is 464 g/mol. The van der Waals surface area contributed by atoms with Gasteiger partial charge < -0.3 is 24.8 Å². The van der Waals surface area contributed by atoms with Crippen LogP contribution >= 0.6 is 0 Å². The zero-order valence-corrected chi connectivity index (χ0v) is 20.2. The summed E-state index contributed by atoms with van der Waals surface area (Å²) in [5, 5.41) is 6.83. The molecule has 2 aliphatic heterocycles. The first-order valence-electron chi connectivity index (χ1n) is 12.8. The van der Waals surface area contributed by atoms with Crippen LogP contribution in [0.1, 0.15) is 54.4 Å². The number of hydrogen-bond acceptors (Lipinski definition) is 6. The minimum Gasteiger partial charge on any atom is -0.496 e. The highest BCUT2D eigenvalue weighted by atomic mass is 16.5. The average Bonchev–Trinajstić information content (AvgIpc) is 3.62. The van der Waals surface area contributed by atoms with Crippen molar-refractivity contribution in [2.45, 2.75) is 38.5 Å². The fourth-order valence-electron chi connectivity index (χ4n) is 5.55. The molecule has 0 bridgehead atoms. The Kier molecular flexibility index (Phi) is 7.36. The molecule has 2 heterocycles. The van der Waals surface area contributed by atoms with Gasteiger partial charge in [0.15, 0.2) is 5.78 Å². The van der Waals surface area contributed by atoms with Gasteiger partial charge in [-0.3, -0.25) is 4.79 Å². The van der Waals surface area contributed by atoms with E-state index in [1.54, 1.807) is 7.11 Å². The summed E-state index contributed by atoms with van der Waals surface area (Å²) in [6.07, 6.45) is 6.85. The van der Waals surface area contributed by atoms with Crippen molar-refractivity contribution in [1.82, 2.24) is 10.6 Å². The number of ketones is 1. The van der Waals surface area contributed by atoms with Gasteiger partial charge in [-0.05, 0) is 88.7 Å². The van der Waals surface area contributed by atoms with Gasteiger partial charge >= 0.3 is 0 Å². The highest BCUT2D eigenvalue weighted by Crippen LogP contribution is 2.49. The van der Waals surface area contributed by atoms with E-state index in [4.69, 9.17) is 14.2 Å². The van der Waals surface area contributed by atoms with Gasteiger partial charge in [0, 0.05) is 28.3 Å². The highest BCUT2D eigenvalue weighted by Gasteiger charge is 2.33. The van der Waals surface area contributed by atoms with Crippen LogP contribution in [0.3, 0.4) is 0 Å². The molecular weight excluding hydrogens is 428 g/mol. The molecule has 2 unspecified atom stereocenters. The smallest absolute Gasteiger partial charge is 0.194 e. The molecule has 0 aromatic heterocycles. The van der Waals surface area contributed by atoms with Crippen molar-refractivity contribution in [2.75, 3.05) is 46.5 Å². The largest absolute Gasteiger partial charge is 0.496 e. The Morgan fingerprint density at radius 3 is 2.18 bits per heavy atom. The van der Waals surface area contributed by atoms with Gasteiger partial charge in [0.05, 0.1) is 20.3 Å². The van der Waals surface area contributed by atoms with E-state index in [0.29, 0.717) is 35.8 Å². The van der Waals surface area contributed by atoms with E-state index in [9.17, 15) is 4.79 Å². The molecule has 2 atom stereocenters. The summed E-state index contributed by atoms with van der Waals surface area (Å²) in [4.78, 5) is 13.3. The molecule has 2 aromatic carbocycles. The molecule has 0 saturated carbocycles. The van der Waals surface area contributed by atoms with Crippen molar-refractivity contribution in [2.24, 2.45) is 11.8 Å². The first-order valence-corrected chi connectivity index (χ1v) is 12.8. The Morgan fingerprint density at radius 1 is 0.853 bits per heavy atom. The number of hydrogen-bond donors (Lipinski definition) is 2. The third-order valence-electron chi connectivity index (χ3n) is 7.43. The van der Waals surface area contributed by atoms with Gasteiger partial charge in [0.1, 0.15) is 17.2 Å². The van der Waals surface area contributed by atoms with Crippen molar-refractivity contribution in [1.29, 1.82) is 0 Å². The summed E-state index contributed by atoms with van der Waals surface area (Å²) in [7, 11) is 1.65. The van der Waals surface area contributed by atoms with Crippen LogP contribution in [-0.4, -0.2) is 52.3 Å². The molecule has 1 aliphatic carbocycles. The number of fused-ring (bicyclic) bond motifs is 3. The van der Waals surface area contributed by atoms with E-state index in [2.05, 4.69) is 10.6 Å². The van der Waals surface area contributed by atoms with Gasteiger partial charge in [-0.1, -0.05) is 12.1 Å². The molecule has 3 aliphatic rings. The van der Waals surface area contributed by atoms with Crippen molar-refractivity contribution in [3.05, 3.63) is 41.5 Å². The zero-order valence-electron chi connectivity index (χ0n) is 20.2. The second kappa shape index (κ2) is 10.8. The lowest BCUT2D eigenvalue weighted by molar-refractivity contribution is 0.104. The van der Waals surface area contributed by atoms with Crippen molar-refractivity contribution in [3.63, 3.8) is 0 Å². The van der Waals surface area contributed by atoms with Crippen LogP contribution < -0.4 is 24.8 Å². The maximum absolute atomic E-state index is 13.3. The summed E-state index contributed by atoms with van der Waals surface area (Å²) < 4.78 is 18.0. The van der Waals surface area contributed by atoms with Crippen molar-refractivity contribution < 1.29 is 19.0 Å². The molecule has 0 radical (unpaired) electrons. The first-order chi connectivity index (χ1) is 16.7. The number of nitrogens with one attached hydrogen (secondary N) is 2. The van der Waals surface area contributed by atoms with Crippen molar-refractivity contribution >= 4 is 5.78 Å². The number of ether oxygens (including phenoxy) is 3. The topological polar surface area (TPSA) is 68.8 Å². The number of carbonyl (C=O) groups is 1. The maximum Gasteiger partial charge on any atom is 0.194 e. The van der Waals surface area contributed by atoms with Gasteiger partial charge in [0.25, 0.3) is 0 Å². The quantitative estimate of drug-likeness (QED) is 0.409. The molecule has 182 valence electrons. The molecule has 2 fully saturated rings. The maximum atomic E-state index is 13.3. The Labute approximate surface area is 202 Å². The van der Waals surface area contributed by atoms with Crippen LogP contribution in [-0.2, 0) is 0 Å². The minimum atomic E-state index is 0.00765. The minimum absolute atomic E-state index is 0.00765. The van der Waals surface area contributed by atoms with Crippen LogP contribution in [0.15, 0.2) is 30.3 Å². The number of benzene rings is 2. The molecule has 2 saturated heterocycles. The van der Waals surface area contributed by atoms with Crippen LogP contribution in [0.25, 0.3) is 11.1 Å². The summed E-state index contributed by atoms with van der Waals surface area (Å²) in [6.45, 7) is 5.77. The Hall–Kier alpha value is -2.57. The molecular formula is C28H36N2O4. The highest BCUT2D eigenvalue weighted by molar-refractivity contribution is 6.23. The number of carbonyl (C=O) groups excluding carboxylic acids is 1. The molecule has 6 nitrogen and oxygen atoms in total.